The number of hydrogen-bond acceptors (Lipinski definition) is 5. The highest BCUT2D eigenvalue weighted by molar-refractivity contribution is 7.97. The van der Waals surface area contributed by atoms with Crippen LogP contribution >= 0.6 is 11.9 Å². The normalized spacial score (nSPS) is 10.6. The summed E-state index contributed by atoms with van der Waals surface area (Å²) in [6, 6.07) is 17.9. The molecule has 0 fully saturated rings. The molecular formula is C22H24N4OS. The van der Waals surface area contributed by atoms with Crippen LogP contribution in [0.5, 0.6) is 5.75 Å². The third-order valence-corrected chi connectivity index (χ3v) is 5.30. The van der Waals surface area contributed by atoms with Crippen molar-refractivity contribution in [3.8, 4) is 11.8 Å². The minimum atomic E-state index is 0.689. The molecule has 3 aromatic rings. The summed E-state index contributed by atoms with van der Waals surface area (Å²) < 4.78 is 10.8. The van der Waals surface area contributed by atoms with E-state index in [9.17, 15) is 0 Å². The summed E-state index contributed by atoms with van der Waals surface area (Å²) in [5.41, 5.74) is 3.11. The highest BCUT2D eigenvalue weighted by Gasteiger charge is 2.04. The fourth-order valence-corrected chi connectivity index (χ4v) is 3.55. The molecule has 2 aromatic carbocycles. The summed E-state index contributed by atoms with van der Waals surface area (Å²) in [4.78, 5) is 5.48. The van der Waals surface area contributed by atoms with Crippen LogP contribution in [0.25, 0.3) is 0 Å². The van der Waals surface area contributed by atoms with Gasteiger partial charge in [0, 0.05) is 29.9 Å². The summed E-state index contributed by atoms with van der Waals surface area (Å²) in [6.45, 7) is 1.74. The van der Waals surface area contributed by atoms with Gasteiger partial charge in [-0.15, -0.1) is 0 Å². The molecule has 0 bridgehead atoms. The van der Waals surface area contributed by atoms with Crippen molar-refractivity contribution in [3.05, 3.63) is 77.9 Å². The number of nitrogens with zero attached hydrogens (tertiary/aromatic N) is 3. The van der Waals surface area contributed by atoms with Gasteiger partial charge in [0.05, 0.1) is 25.1 Å². The largest absolute Gasteiger partial charge is 0.497 e. The molecule has 0 spiro atoms. The van der Waals surface area contributed by atoms with E-state index in [0.717, 1.165) is 38.1 Å². The zero-order valence-corrected chi connectivity index (χ0v) is 16.8. The van der Waals surface area contributed by atoms with Crippen LogP contribution < -0.4 is 9.46 Å². The molecular weight excluding hydrogens is 368 g/mol. The third kappa shape index (κ3) is 5.88. The quantitative estimate of drug-likeness (QED) is 0.408. The highest BCUT2D eigenvalue weighted by atomic mass is 32.2. The SMILES string of the molecule is COc1ccc(SNCCCCc2cncn2Cc2ccc(C#N)cc2)cc1. The minimum absolute atomic E-state index is 0.689. The summed E-state index contributed by atoms with van der Waals surface area (Å²) >= 11 is 1.65. The molecule has 0 unspecified atom stereocenters. The van der Waals surface area contributed by atoms with Crippen molar-refractivity contribution in [3.63, 3.8) is 0 Å². The van der Waals surface area contributed by atoms with Crippen LogP contribution in [0.2, 0.25) is 0 Å². The van der Waals surface area contributed by atoms with E-state index in [1.54, 1.807) is 19.1 Å². The van der Waals surface area contributed by atoms with E-state index in [-0.39, 0.29) is 0 Å². The number of nitriles is 1. The molecule has 0 atom stereocenters. The number of ether oxygens (including phenoxy) is 1. The van der Waals surface area contributed by atoms with Crippen LogP contribution in [0.15, 0.2) is 66.0 Å². The first-order chi connectivity index (χ1) is 13.8. The van der Waals surface area contributed by atoms with E-state index in [2.05, 4.69) is 32.5 Å². The number of benzene rings is 2. The van der Waals surface area contributed by atoms with Crippen molar-refractivity contribution in [1.29, 1.82) is 5.26 Å². The molecule has 0 aliphatic carbocycles. The summed E-state index contributed by atoms with van der Waals surface area (Å²) in [6.07, 6.45) is 7.04. The molecule has 144 valence electrons. The number of nitrogens with one attached hydrogen (secondary N) is 1. The average molecular weight is 393 g/mol. The van der Waals surface area contributed by atoms with Gasteiger partial charge in [0.2, 0.25) is 0 Å². The molecule has 0 aliphatic rings. The Morgan fingerprint density at radius 2 is 1.89 bits per heavy atom. The highest BCUT2D eigenvalue weighted by Crippen LogP contribution is 2.19. The lowest BCUT2D eigenvalue weighted by Crippen LogP contribution is -2.07. The lowest BCUT2D eigenvalue weighted by atomic mass is 10.1. The maximum atomic E-state index is 8.90. The van der Waals surface area contributed by atoms with Crippen molar-refractivity contribution in [2.75, 3.05) is 13.7 Å². The number of imidazole rings is 1. The fraction of sp³-hybridized carbons (Fsp3) is 0.273. The Balaban J connectivity index is 1.38. The van der Waals surface area contributed by atoms with Gasteiger partial charge in [-0.1, -0.05) is 12.1 Å². The molecule has 0 aliphatic heterocycles. The molecule has 1 heterocycles. The van der Waals surface area contributed by atoms with E-state index >= 15 is 0 Å². The van der Waals surface area contributed by atoms with Gasteiger partial charge in [-0.05, 0) is 73.2 Å². The van der Waals surface area contributed by atoms with Crippen LogP contribution in [-0.2, 0) is 13.0 Å². The second kappa shape index (κ2) is 10.5. The predicted octanol–water partition coefficient (Wildman–Crippen LogP) is 4.43. The molecule has 0 saturated carbocycles. The second-order valence-electron chi connectivity index (χ2n) is 6.45. The van der Waals surface area contributed by atoms with Crippen molar-refractivity contribution in [1.82, 2.24) is 14.3 Å². The Kier molecular flexibility index (Phi) is 7.53. The van der Waals surface area contributed by atoms with Crippen LogP contribution in [0.3, 0.4) is 0 Å². The molecule has 0 saturated heterocycles. The van der Waals surface area contributed by atoms with Gasteiger partial charge in [0.15, 0.2) is 0 Å². The standard InChI is InChI=1S/C22H24N4OS/c1-27-21-9-11-22(12-10-21)28-25-13-3-2-4-20-15-24-17-26(20)16-19-7-5-18(14-23)6-8-19/h5-12,15,17,25H,2-4,13,16H2,1H3. The van der Waals surface area contributed by atoms with Gasteiger partial charge < -0.3 is 9.30 Å². The van der Waals surface area contributed by atoms with Crippen LogP contribution in [-0.4, -0.2) is 23.2 Å². The number of hydrogen-bond donors (Lipinski definition) is 1. The Labute approximate surface area is 170 Å². The van der Waals surface area contributed by atoms with Crippen molar-refractivity contribution >= 4 is 11.9 Å². The first-order valence-corrected chi connectivity index (χ1v) is 10.1. The molecule has 1 N–H and O–H groups in total. The number of rotatable bonds is 10. The molecule has 28 heavy (non-hydrogen) atoms. The first-order valence-electron chi connectivity index (χ1n) is 9.30. The van der Waals surface area contributed by atoms with E-state index in [0.29, 0.717) is 5.56 Å². The molecule has 6 heteroatoms. The summed E-state index contributed by atoms with van der Waals surface area (Å²) in [7, 11) is 1.68. The van der Waals surface area contributed by atoms with Crippen molar-refractivity contribution in [2.24, 2.45) is 0 Å². The Morgan fingerprint density at radius 1 is 1.11 bits per heavy atom. The Bertz CT molecular complexity index is 898. The van der Waals surface area contributed by atoms with E-state index in [1.807, 2.05) is 48.9 Å². The van der Waals surface area contributed by atoms with E-state index in [1.165, 1.54) is 16.2 Å². The molecule has 3 rings (SSSR count). The minimum Gasteiger partial charge on any atom is -0.497 e. The van der Waals surface area contributed by atoms with Crippen LogP contribution in [0.1, 0.15) is 29.7 Å². The third-order valence-electron chi connectivity index (χ3n) is 4.45. The number of unbranched alkanes of at least 4 members (excludes halogenated alkanes) is 1. The predicted molar refractivity (Wildman–Crippen MR) is 112 cm³/mol. The number of methoxy groups -OCH3 is 1. The van der Waals surface area contributed by atoms with Gasteiger partial charge in [-0.2, -0.15) is 5.26 Å². The van der Waals surface area contributed by atoms with Gasteiger partial charge in [-0.25, -0.2) is 4.98 Å². The molecule has 1 aromatic heterocycles. The van der Waals surface area contributed by atoms with E-state index < -0.39 is 0 Å². The summed E-state index contributed by atoms with van der Waals surface area (Å²) in [5.74, 6) is 0.877. The number of aromatic nitrogens is 2. The van der Waals surface area contributed by atoms with Gasteiger partial charge in [-0.3, -0.25) is 4.72 Å². The fourth-order valence-electron chi connectivity index (χ4n) is 2.86. The zero-order valence-electron chi connectivity index (χ0n) is 16.0. The summed E-state index contributed by atoms with van der Waals surface area (Å²) in [5, 5.41) is 8.90. The van der Waals surface area contributed by atoms with Crippen LogP contribution in [0.4, 0.5) is 0 Å². The zero-order chi connectivity index (χ0) is 19.6. The number of aryl methyl sites for hydroxylation is 1. The van der Waals surface area contributed by atoms with Crippen molar-refractivity contribution in [2.45, 2.75) is 30.7 Å². The van der Waals surface area contributed by atoms with Gasteiger partial charge in [0.1, 0.15) is 5.75 Å². The second-order valence-corrected chi connectivity index (χ2v) is 7.41. The maximum absolute atomic E-state index is 8.90. The molecule has 0 radical (unpaired) electrons. The monoisotopic (exact) mass is 392 g/mol. The van der Waals surface area contributed by atoms with E-state index in [4.69, 9.17) is 10.00 Å². The molecule has 5 nitrogen and oxygen atoms in total. The van der Waals surface area contributed by atoms with Crippen molar-refractivity contribution < 1.29 is 4.74 Å². The smallest absolute Gasteiger partial charge is 0.118 e. The lowest BCUT2D eigenvalue weighted by Gasteiger charge is -2.09. The maximum Gasteiger partial charge on any atom is 0.118 e. The Hall–Kier alpha value is -2.75. The topological polar surface area (TPSA) is 62.9 Å². The van der Waals surface area contributed by atoms with Gasteiger partial charge >= 0.3 is 0 Å². The molecule has 0 amide bonds. The van der Waals surface area contributed by atoms with Gasteiger partial charge in [0.25, 0.3) is 0 Å². The Morgan fingerprint density at radius 3 is 2.61 bits per heavy atom. The average Bonchev–Trinajstić information content (AvgIpc) is 3.18. The van der Waals surface area contributed by atoms with Crippen LogP contribution in [0, 0.1) is 11.3 Å². The first kappa shape index (κ1) is 20.0. The lowest BCUT2D eigenvalue weighted by molar-refractivity contribution is 0.414.